The molecule has 33 heavy (non-hydrogen) atoms. The SMILES string of the molecule is CCOC(=O)c1cnc(Nc2ccc(C(C)(C)CO)cc2)nc1N.OCCc1ccccc1. The first kappa shape index (κ1) is 25.8. The van der Waals surface area contributed by atoms with E-state index < -0.39 is 5.97 Å². The first-order chi connectivity index (χ1) is 15.8. The number of nitrogens with zero attached hydrogens (tertiary/aromatic N) is 2. The van der Waals surface area contributed by atoms with Crippen LogP contribution >= 0.6 is 0 Å². The van der Waals surface area contributed by atoms with Gasteiger partial charge in [-0.25, -0.2) is 9.78 Å². The van der Waals surface area contributed by atoms with E-state index in [0.717, 1.165) is 17.7 Å². The molecule has 0 amide bonds. The number of nitrogens with two attached hydrogens (primary N) is 1. The number of aliphatic hydroxyl groups is 2. The molecule has 1 aromatic heterocycles. The Morgan fingerprint density at radius 1 is 1.09 bits per heavy atom. The highest BCUT2D eigenvalue weighted by atomic mass is 16.5. The van der Waals surface area contributed by atoms with Gasteiger partial charge in [0.25, 0.3) is 0 Å². The third kappa shape index (κ3) is 7.85. The van der Waals surface area contributed by atoms with Crippen LogP contribution in [-0.2, 0) is 16.6 Å². The van der Waals surface area contributed by atoms with E-state index in [4.69, 9.17) is 15.6 Å². The maximum atomic E-state index is 11.7. The van der Waals surface area contributed by atoms with Crippen molar-refractivity contribution >= 4 is 23.4 Å². The molecule has 0 fully saturated rings. The Morgan fingerprint density at radius 2 is 1.76 bits per heavy atom. The summed E-state index contributed by atoms with van der Waals surface area (Å²) in [6.07, 6.45) is 2.10. The number of nitrogen functional groups attached to an aromatic ring is 1. The zero-order valence-corrected chi connectivity index (χ0v) is 19.3. The number of aliphatic hydroxyl groups excluding tert-OH is 2. The number of nitrogens with one attached hydrogen (secondary N) is 1. The molecule has 1 heterocycles. The van der Waals surface area contributed by atoms with Gasteiger partial charge in [0, 0.05) is 23.9 Å². The van der Waals surface area contributed by atoms with Crippen LogP contribution in [0.15, 0.2) is 60.8 Å². The molecular formula is C25H32N4O4. The van der Waals surface area contributed by atoms with Gasteiger partial charge in [-0.05, 0) is 36.6 Å². The van der Waals surface area contributed by atoms with Crippen LogP contribution in [0.2, 0.25) is 0 Å². The Hall–Kier alpha value is -3.49. The second kappa shape index (κ2) is 12.5. The summed E-state index contributed by atoms with van der Waals surface area (Å²) in [5, 5.41) is 20.9. The molecule has 5 N–H and O–H groups in total. The maximum Gasteiger partial charge on any atom is 0.343 e. The normalized spacial score (nSPS) is 10.7. The van der Waals surface area contributed by atoms with Gasteiger partial charge in [-0.3, -0.25) is 0 Å². The lowest BCUT2D eigenvalue weighted by molar-refractivity contribution is 0.0527. The average molecular weight is 453 g/mol. The van der Waals surface area contributed by atoms with E-state index in [1.807, 2.05) is 68.4 Å². The fourth-order valence-corrected chi connectivity index (χ4v) is 2.82. The lowest BCUT2D eigenvalue weighted by Gasteiger charge is -2.22. The Kier molecular flexibility index (Phi) is 9.78. The Labute approximate surface area is 194 Å². The van der Waals surface area contributed by atoms with Crippen LogP contribution in [0.5, 0.6) is 0 Å². The topological polar surface area (TPSA) is 131 Å². The van der Waals surface area contributed by atoms with E-state index in [1.54, 1.807) is 6.92 Å². The molecule has 0 saturated carbocycles. The molecule has 8 nitrogen and oxygen atoms in total. The van der Waals surface area contributed by atoms with Gasteiger partial charge in [-0.2, -0.15) is 4.98 Å². The van der Waals surface area contributed by atoms with E-state index in [9.17, 15) is 9.90 Å². The van der Waals surface area contributed by atoms with Gasteiger partial charge in [-0.1, -0.05) is 56.3 Å². The van der Waals surface area contributed by atoms with Crippen molar-refractivity contribution in [2.24, 2.45) is 0 Å². The van der Waals surface area contributed by atoms with Crippen LogP contribution in [0.25, 0.3) is 0 Å². The van der Waals surface area contributed by atoms with Gasteiger partial charge in [-0.15, -0.1) is 0 Å². The molecule has 0 aliphatic rings. The zero-order valence-electron chi connectivity index (χ0n) is 19.3. The van der Waals surface area contributed by atoms with Crippen molar-refractivity contribution in [3.63, 3.8) is 0 Å². The fourth-order valence-electron chi connectivity index (χ4n) is 2.82. The molecule has 2 aromatic carbocycles. The summed E-state index contributed by atoms with van der Waals surface area (Å²) in [6.45, 7) is 6.21. The molecule has 0 aliphatic carbocycles. The second-order valence-corrected chi connectivity index (χ2v) is 7.92. The van der Waals surface area contributed by atoms with Crippen molar-refractivity contribution in [3.8, 4) is 0 Å². The van der Waals surface area contributed by atoms with Crippen molar-refractivity contribution < 1.29 is 19.7 Å². The van der Waals surface area contributed by atoms with Crippen LogP contribution in [-0.4, -0.2) is 46.0 Å². The summed E-state index contributed by atoms with van der Waals surface area (Å²) in [7, 11) is 0. The highest BCUT2D eigenvalue weighted by Crippen LogP contribution is 2.25. The van der Waals surface area contributed by atoms with E-state index >= 15 is 0 Å². The van der Waals surface area contributed by atoms with Gasteiger partial charge < -0.3 is 26.0 Å². The summed E-state index contributed by atoms with van der Waals surface area (Å²) >= 11 is 0. The van der Waals surface area contributed by atoms with Crippen molar-refractivity contribution in [1.82, 2.24) is 9.97 Å². The number of ether oxygens (including phenoxy) is 1. The highest BCUT2D eigenvalue weighted by Gasteiger charge is 2.19. The van der Waals surface area contributed by atoms with Crippen molar-refractivity contribution in [1.29, 1.82) is 0 Å². The monoisotopic (exact) mass is 452 g/mol. The molecule has 3 aromatic rings. The van der Waals surface area contributed by atoms with Gasteiger partial charge in [0.1, 0.15) is 11.4 Å². The van der Waals surface area contributed by atoms with E-state index in [0.29, 0.717) is 0 Å². The smallest absolute Gasteiger partial charge is 0.343 e. The number of aromatic nitrogens is 2. The van der Waals surface area contributed by atoms with Gasteiger partial charge >= 0.3 is 5.97 Å². The number of anilines is 3. The molecule has 0 radical (unpaired) electrons. The molecule has 0 saturated heterocycles. The molecule has 0 unspecified atom stereocenters. The summed E-state index contributed by atoms with van der Waals surface area (Å²) < 4.78 is 4.88. The highest BCUT2D eigenvalue weighted by molar-refractivity contribution is 5.93. The van der Waals surface area contributed by atoms with Gasteiger partial charge in [0.15, 0.2) is 0 Å². The summed E-state index contributed by atoms with van der Waals surface area (Å²) in [6, 6.07) is 17.5. The molecule has 3 rings (SSSR count). The number of esters is 1. The third-order valence-electron chi connectivity index (χ3n) is 4.87. The maximum absolute atomic E-state index is 11.7. The Morgan fingerprint density at radius 3 is 2.30 bits per heavy atom. The first-order valence-electron chi connectivity index (χ1n) is 10.7. The molecule has 8 heteroatoms. The standard InChI is InChI=1S/C17H22N4O3.C8H10O/c1-4-24-15(23)13-9-19-16(21-14(13)18)20-12-7-5-11(6-8-12)17(2,3)10-22;9-7-6-8-4-2-1-3-5-8/h5-9,22H,4,10H2,1-3H3,(H3,18,19,20,21);1-5,9H,6-7H2. The van der Waals surface area contributed by atoms with Crippen LogP contribution in [0.3, 0.4) is 0 Å². The first-order valence-corrected chi connectivity index (χ1v) is 10.7. The van der Waals surface area contributed by atoms with Crippen molar-refractivity contribution in [3.05, 3.63) is 77.5 Å². The van der Waals surface area contributed by atoms with E-state index in [-0.39, 0.29) is 42.6 Å². The fraction of sp³-hybridized carbons (Fsp3) is 0.320. The Balaban J connectivity index is 0.000000357. The minimum Gasteiger partial charge on any atom is -0.462 e. The van der Waals surface area contributed by atoms with Crippen LogP contribution < -0.4 is 11.1 Å². The minimum absolute atomic E-state index is 0.0592. The number of hydrogen-bond donors (Lipinski definition) is 4. The van der Waals surface area contributed by atoms with Crippen molar-refractivity contribution in [2.45, 2.75) is 32.6 Å². The van der Waals surface area contributed by atoms with Crippen LogP contribution in [0.1, 0.15) is 42.3 Å². The summed E-state index contributed by atoms with van der Waals surface area (Å²) in [5.41, 5.74) is 8.61. The number of rotatable bonds is 8. The predicted molar refractivity (Wildman–Crippen MR) is 129 cm³/mol. The number of carbonyl (C=O) groups is 1. The second-order valence-electron chi connectivity index (χ2n) is 7.92. The molecule has 176 valence electrons. The quantitative estimate of drug-likeness (QED) is 0.382. The third-order valence-corrected chi connectivity index (χ3v) is 4.87. The summed E-state index contributed by atoms with van der Waals surface area (Å²) in [4.78, 5) is 19.8. The average Bonchev–Trinajstić information content (AvgIpc) is 2.81. The minimum atomic E-state index is -0.544. The molecule has 0 spiro atoms. The zero-order chi connectivity index (χ0) is 24.3. The van der Waals surface area contributed by atoms with E-state index in [1.165, 1.54) is 11.8 Å². The predicted octanol–water partition coefficient (Wildman–Crippen LogP) is 3.47. The molecule has 0 aliphatic heterocycles. The molecule has 0 bridgehead atoms. The lowest BCUT2D eigenvalue weighted by atomic mass is 9.86. The number of hydrogen-bond acceptors (Lipinski definition) is 8. The van der Waals surface area contributed by atoms with Crippen LogP contribution in [0.4, 0.5) is 17.5 Å². The number of benzene rings is 2. The largest absolute Gasteiger partial charge is 0.462 e. The molecule has 0 atom stereocenters. The Bertz CT molecular complexity index is 1010. The van der Waals surface area contributed by atoms with Crippen molar-refractivity contribution in [2.75, 3.05) is 30.9 Å². The lowest BCUT2D eigenvalue weighted by Crippen LogP contribution is -2.21. The van der Waals surface area contributed by atoms with E-state index in [2.05, 4.69) is 15.3 Å². The molecular weight excluding hydrogens is 420 g/mol. The van der Waals surface area contributed by atoms with Gasteiger partial charge in [0.05, 0.1) is 13.2 Å². The van der Waals surface area contributed by atoms with Gasteiger partial charge in [0.2, 0.25) is 5.95 Å². The summed E-state index contributed by atoms with van der Waals surface area (Å²) in [5.74, 6) is -0.198. The van der Waals surface area contributed by atoms with Crippen LogP contribution in [0, 0.1) is 0 Å². The number of carbonyl (C=O) groups excluding carboxylic acids is 1.